The van der Waals surface area contributed by atoms with Crippen molar-refractivity contribution in [2.75, 3.05) is 12.0 Å². The number of nitro groups is 1. The Bertz CT molecular complexity index is 1300. The van der Waals surface area contributed by atoms with Gasteiger partial charge < -0.3 is 9.47 Å². The number of rotatable bonds is 7. The molecule has 1 heterocycles. The normalized spacial score (nSPS) is 14.5. The summed E-state index contributed by atoms with van der Waals surface area (Å²) >= 11 is 6.69. The number of nitro benzene ring substituents is 1. The SMILES string of the molecule is COc1cc(/C=C2\SC(=S)N(c3ccc(C)cc3)C2=O)ccc1OCc1cccc([N+](=O)[O-])c1. The van der Waals surface area contributed by atoms with Crippen molar-refractivity contribution in [2.24, 2.45) is 0 Å². The fourth-order valence-electron chi connectivity index (χ4n) is 3.35. The lowest BCUT2D eigenvalue weighted by Gasteiger charge is -2.14. The van der Waals surface area contributed by atoms with Crippen molar-refractivity contribution < 1.29 is 19.2 Å². The highest BCUT2D eigenvalue weighted by molar-refractivity contribution is 8.27. The number of amides is 1. The predicted octanol–water partition coefficient (Wildman–Crippen LogP) is 5.90. The van der Waals surface area contributed by atoms with Crippen LogP contribution in [0.25, 0.3) is 6.08 Å². The van der Waals surface area contributed by atoms with E-state index in [0.29, 0.717) is 26.3 Å². The Morgan fingerprint density at radius 3 is 2.56 bits per heavy atom. The largest absolute Gasteiger partial charge is 0.493 e. The molecule has 172 valence electrons. The average molecular weight is 493 g/mol. The molecule has 7 nitrogen and oxygen atoms in total. The van der Waals surface area contributed by atoms with Gasteiger partial charge in [-0.25, -0.2) is 0 Å². The number of hydrogen-bond donors (Lipinski definition) is 0. The fraction of sp³-hybridized carbons (Fsp3) is 0.120. The van der Waals surface area contributed by atoms with Crippen LogP contribution in [-0.2, 0) is 11.4 Å². The maximum atomic E-state index is 13.0. The molecular formula is C25H20N2O5S2. The highest BCUT2D eigenvalue weighted by atomic mass is 32.2. The van der Waals surface area contributed by atoms with E-state index < -0.39 is 4.92 Å². The zero-order valence-corrected chi connectivity index (χ0v) is 20.0. The van der Waals surface area contributed by atoms with Crippen molar-refractivity contribution in [3.8, 4) is 11.5 Å². The van der Waals surface area contributed by atoms with Crippen LogP contribution in [-0.4, -0.2) is 22.3 Å². The molecule has 0 unspecified atom stereocenters. The highest BCUT2D eigenvalue weighted by Gasteiger charge is 2.33. The van der Waals surface area contributed by atoms with Crippen molar-refractivity contribution in [1.82, 2.24) is 0 Å². The van der Waals surface area contributed by atoms with Crippen molar-refractivity contribution in [2.45, 2.75) is 13.5 Å². The number of ether oxygens (including phenoxy) is 2. The third kappa shape index (κ3) is 5.11. The van der Waals surface area contributed by atoms with E-state index in [9.17, 15) is 14.9 Å². The van der Waals surface area contributed by atoms with E-state index >= 15 is 0 Å². The summed E-state index contributed by atoms with van der Waals surface area (Å²) in [6.07, 6.45) is 1.76. The molecule has 0 N–H and O–H groups in total. The van der Waals surface area contributed by atoms with Crippen LogP contribution in [0.5, 0.6) is 11.5 Å². The van der Waals surface area contributed by atoms with Crippen molar-refractivity contribution in [3.05, 3.63) is 98.4 Å². The van der Waals surface area contributed by atoms with E-state index in [-0.39, 0.29) is 18.2 Å². The molecule has 0 bridgehead atoms. The van der Waals surface area contributed by atoms with Gasteiger partial charge in [-0.1, -0.05) is 59.9 Å². The van der Waals surface area contributed by atoms with E-state index in [1.807, 2.05) is 37.3 Å². The lowest BCUT2D eigenvalue weighted by Crippen LogP contribution is -2.27. The van der Waals surface area contributed by atoms with Crippen LogP contribution in [0.15, 0.2) is 71.6 Å². The van der Waals surface area contributed by atoms with Gasteiger partial charge in [-0.05, 0) is 48.4 Å². The van der Waals surface area contributed by atoms with Crippen LogP contribution in [0.3, 0.4) is 0 Å². The molecule has 1 aliphatic heterocycles. The Balaban J connectivity index is 1.51. The first-order chi connectivity index (χ1) is 16.4. The number of hydrogen-bond acceptors (Lipinski definition) is 7. The number of carbonyl (C=O) groups is 1. The molecule has 0 aromatic heterocycles. The first-order valence-corrected chi connectivity index (χ1v) is 11.5. The summed E-state index contributed by atoms with van der Waals surface area (Å²) in [4.78, 5) is 25.6. The third-order valence-corrected chi connectivity index (χ3v) is 6.39. The predicted molar refractivity (Wildman–Crippen MR) is 137 cm³/mol. The summed E-state index contributed by atoms with van der Waals surface area (Å²) in [5.74, 6) is 0.787. The van der Waals surface area contributed by atoms with Crippen LogP contribution in [0, 0.1) is 17.0 Å². The van der Waals surface area contributed by atoms with Gasteiger partial charge in [0.25, 0.3) is 11.6 Å². The van der Waals surface area contributed by atoms with Gasteiger partial charge in [0.15, 0.2) is 15.8 Å². The monoisotopic (exact) mass is 492 g/mol. The van der Waals surface area contributed by atoms with Crippen LogP contribution in [0.2, 0.25) is 0 Å². The number of methoxy groups -OCH3 is 1. The number of thioether (sulfide) groups is 1. The Hall–Kier alpha value is -3.69. The maximum Gasteiger partial charge on any atom is 0.270 e. The number of non-ortho nitro benzene ring substituents is 1. The molecule has 1 fully saturated rings. The topological polar surface area (TPSA) is 81.9 Å². The van der Waals surface area contributed by atoms with Crippen molar-refractivity contribution >= 4 is 51.7 Å². The van der Waals surface area contributed by atoms with E-state index in [2.05, 4.69) is 0 Å². The molecule has 1 amide bonds. The van der Waals surface area contributed by atoms with Crippen LogP contribution >= 0.6 is 24.0 Å². The third-order valence-electron chi connectivity index (χ3n) is 5.09. The minimum Gasteiger partial charge on any atom is -0.493 e. The number of nitrogens with zero attached hydrogens (tertiary/aromatic N) is 2. The summed E-state index contributed by atoms with van der Waals surface area (Å²) < 4.78 is 11.8. The molecule has 0 saturated carbocycles. The maximum absolute atomic E-state index is 13.0. The summed E-state index contributed by atoms with van der Waals surface area (Å²) in [6.45, 7) is 2.13. The molecule has 0 radical (unpaired) electrons. The molecule has 0 aliphatic carbocycles. The summed E-state index contributed by atoms with van der Waals surface area (Å²) in [7, 11) is 1.52. The highest BCUT2D eigenvalue weighted by Crippen LogP contribution is 2.37. The molecule has 4 rings (SSSR count). The van der Waals surface area contributed by atoms with Crippen LogP contribution in [0.4, 0.5) is 11.4 Å². The van der Waals surface area contributed by atoms with Crippen molar-refractivity contribution in [3.63, 3.8) is 0 Å². The van der Waals surface area contributed by atoms with Gasteiger partial charge in [-0.15, -0.1) is 0 Å². The Morgan fingerprint density at radius 1 is 1.09 bits per heavy atom. The lowest BCUT2D eigenvalue weighted by atomic mass is 10.1. The van der Waals surface area contributed by atoms with Gasteiger partial charge in [-0.2, -0.15) is 0 Å². The van der Waals surface area contributed by atoms with Gasteiger partial charge in [0.2, 0.25) is 0 Å². The number of anilines is 1. The molecule has 1 aliphatic rings. The minimum absolute atomic E-state index is 0.00589. The summed E-state index contributed by atoms with van der Waals surface area (Å²) in [5, 5.41) is 11.0. The van der Waals surface area contributed by atoms with Gasteiger partial charge >= 0.3 is 0 Å². The molecule has 34 heavy (non-hydrogen) atoms. The molecule has 0 spiro atoms. The number of benzene rings is 3. The minimum atomic E-state index is -0.444. The van der Waals surface area contributed by atoms with Crippen LogP contribution in [0.1, 0.15) is 16.7 Å². The molecule has 0 atom stereocenters. The van der Waals surface area contributed by atoms with Gasteiger partial charge in [0, 0.05) is 12.1 Å². The Labute approximate surface area is 206 Å². The average Bonchev–Trinajstić information content (AvgIpc) is 3.11. The molecular weight excluding hydrogens is 472 g/mol. The van der Waals surface area contributed by atoms with E-state index in [0.717, 1.165) is 16.8 Å². The zero-order valence-electron chi connectivity index (χ0n) is 18.4. The smallest absolute Gasteiger partial charge is 0.270 e. The number of carbonyl (C=O) groups excluding carboxylic acids is 1. The summed E-state index contributed by atoms with van der Waals surface area (Å²) in [6, 6.07) is 19.2. The number of aryl methyl sites for hydroxylation is 1. The Kier molecular flexibility index (Phi) is 6.95. The van der Waals surface area contributed by atoms with Crippen molar-refractivity contribution in [1.29, 1.82) is 0 Å². The quantitative estimate of drug-likeness (QED) is 0.176. The summed E-state index contributed by atoms with van der Waals surface area (Å²) in [5.41, 5.74) is 3.26. The van der Waals surface area contributed by atoms with Crippen LogP contribution < -0.4 is 14.4 Å². The lowest BCUT2D eigenvalue weighted by molar-refractivity contribution is -0.384. The second-order valence-corrected chi connectivity index (χ2v) is 9.15. The fourth-order valence-corrected chi connectivity index (χ4v) is 4.65. The Morgan fingerprint density at radius 2 is 1.85 bits per heavy atom. The van der Waals surface area contributed by atoms with E-state index in [1.165, 1.54) is 35.9 Å². The van der Waals surface area contributed by atoms with E-state index in [1.54, 1.807) is 30.3 Å². The second-order valence-electron chi connectivity index (χ2n) is 7.48. The standard InChI is InChI=1S/C25H20N2O5S2/c1-16-6-9-19(10-7-16)26-24(28)23(34-25(26)33)14-17-8-11-21(22(13-17)31-2)32-15-18-4-3-5-20(12-18)27(29)30/h3-14H,15H2,1-2H3/b23-14-. The number of thiocarbonyl (C=S) groups is 1. The van der Waals surface area contributed by atoms with Gasteiger partial charge in [0.1, 0.15) is 6.61 Å². The van der Waals surface area contributed by atoms with Gasteiger partial charge in [-0.3, -0.25) is 19.8 Å². The molecule has 3 aromatic rings. The van der Waals surface area contributed by atoms with Gasteiger partial charge in [0.05, 0.1) is 22.6 Å². The first kappa shape index (κ1) is 23.5. The molecule has 3 aromatic carbocycles. The molecule has 1 saturated heterocycles. The van der Waals surface area contributed by atoms with E-state index in [4.69, 9.17) is 21.7 Å². The second kappa shape index (κ2) is 10.1. The first-order valence-electron chi connectivity index (χ1n) is 10.2. The zero-order chi connectivity index (χ0) is 24.2. The molecule has 9 heteroatoms.